The van der Waals surface area contributed by atoms with Crippen LogP contribution >= 0.6 is 0 Å². The number of rotatable bonds is 8. The second-order valence-corrected chi connectivity index (χ2v) is 7.56. The molecule has 2 N–H and O–H groups in total. The predicted molar refractivity (Wildman–Crippen MR) is 115 cm³/mol. The van der Waals surface area contributed by atoms with Crippen LogP contribution in [-0.2, 0) is 9.53 Å². The number of phenols is 2. The number of benzene rings is 2. The lowest BCUT2D eigenvalue weighted by Gasteiger charge is -2.29. The van der Waals surface area contributed by atoms with E-state index in [-0.39, 0.29) is 65.0 Å². The molecule has 0 saturated carbocycles. The number of aromatic hydroxyl groups is 2. The molecule has 2 aromatic rings. The van der Waals surface area contributed by atoms with Gasteiger partial charge in [0.05, 0.1) is 29.8 Å². The molecule has 0 unspecified atom stereocenters. The fourth-order valence-corrected chi connectivity index (χ4v) is 3.62. The summed E-state index contributed by atoms with van der Waals surface area (Å²) in [7, 11) is 3.76. The molecule has 0 atom stereocenters. The van der Waals surface area contributed by atoms with E-state index in [0.717, 1.165) is 0 Å². The van der Waals surface area contributed by atoms with E-state index >= 15 is 0 Å². The zero-order chi connectivity index (χ0) is 22.7. The van der Waals surface area contributed by atoms with Gasteiger partial charge in [-0.1, -0.05) is 24.3 Å². The van der Waals surface area contributed by atoms with Crippen LogP contribution in [0.15, 0.2) is 30.3 Å². The SMILES string of the molecule is CCOC(=O)CCN(CCN(C)C)c1cc(O)c2c(c1O)C(=O)c1ccccc1C2=O. The number of hydrogen-bond acceptors (Lipinski definition) is 8. The Bertz CT molecular complexity index is 1030. The molecule has 0 amide bonds. The zero-order valence-corrected chi connectivity index (χ0v) is 17.8. The number of anilines is 1. The van der Waals surface area contributed by atoms with Gasteiger partial charge in [0.1, 0.15) is 5.75 Å². The maximum absolute atomic E-state index is 13.1. The molecule has 0 radical (unpaired) electrons. The number of hydrogen-bond donors (Lipinski definition) is 2. The Morgan fingerprint density at radius 3 is 2.16 bits per heavy atom. The molecular weight excluding hydrogens is 400 g/mol. The monoisotopic (exact) mass is 426 g/mol. The van der Waals surface area contributed by atoms with Crippen molar-refractivity contribution in [1.82, 2.24) is 4.90 Å². The summed E-state index contributed by atoms with van der Waals surface area (Å²) in [6, 6.07) is 7.59. The van der Waals surface area contributed by atoms with Crippen molar-refractivity contribution in [2.75, 3.05) is 45.2 Å². The van der Waals surface area contributed by atoms with E-state index in [1.807, 2.05) is 19.0 Å². The molecule has 1 aliphatic rings. The topological polar surface area (TPSA) is 107 Å². The number of fused-ring (bicyclic) bond motifs is 2. The molecule has 0 fully saturated rings. The third-order valence-electron chi connectivity index (χ3n) is 5.18. The normalized spacial score (nSPS) is 12.5. The summed E-state index contributed by atoms with van der Waals surface area (Å²) in [6.07, 6.45) is 0.0638. The molecule has 0 aliphatic heterocycles. The molecule has 8 nitrogen and oxygen atoms in total. The first-order chi connectivity index (χ1) is 14.8. The minimum Gasteiger partial charge on any atom is -0.507 e. The summed E-state index contributed by atoms with van der Waals surface area (Å²) in [6.45, 7) is 3.19. The molecule has 164 valence electrons. The zero-order valence-electron chi connectivity index (χ0n) is 17.8. The average Bonchev–Trinajstić information content (AvgIpc) is 2.73. The van der Waals surface area contributed by atoms with Crippen molar-refractivity contribution in [3.63, 3.8) is 0 Å². The van der Waals surface area contributed by atoms with Crippen molar-refractivity contribution in [3.05, 3.63) is 52.6 Å². The predicted octanol–water partition coefficient (Wildman–Crippen LogP) is 2.19. The maximum atomic E-state index is 13.1. The van der Waals surface area contributed by atoms with Crippen LogP contribution in [0.5, 0.6) is 11.5 Å². The largest absolute Gasteiger partial charge is 0.507 e. The first-order valence-electron chi connectivity index (χ1n) is 10.1. The highest BCUT2D eigenvalue weighted by atomic mass is 16.5. The number of nitrogens with zero attached hydrogens (tertiary/aromatic N) is 2. The lowest BCUT2D eigenvalue weighted by molar-refractivity contribution is -0.142. The summed E-state index contributed by atoms with van der Waals surface area (Å²) >= 11 is 0. The second-order valence-electron chi connectivity index (χ2n) is 7.56. The van der Waals surface area contributed by atoms with Gasteiger partial charge in [0.15, 0.2) is 17.3 Å². The van der Waals surface area contributed by atoms with Crippen LogP contribution in [0.25, 0.3) is 0 Å². The van der Waals surface area contributed by atoms with Gasteiger partial charge in [-0.15, -0.1) is 0 Å². The molecule has 8 heteroatoms. The molecule has 0 aromatic heterocycles. The molecule has 0 saturated heterocycles. The van der Waals surface area contributed by atoms with E-state index in [0.29, 0.717) is 13.1 Å². The Morgan fingerprint density at radius 2 is 1.58 bits per heavy atom. The number of esters is 1. The van der Waals surface area contributed by atoms with Crippen LogP contribution < -0.4 is 4.90 Å². The van der Waals surface area contributed by atoms with Gasteiger partial charge in [-0.25, -0.2) is 0 Å². The van der Waals surface area contributed by atoms with Gasteiger partial charge >= 0.3 is 5.97 Å². The Morgan fingerprint density at radius 1 is 0.968 bits per heavy atom. The summed E-state index contributed by atoms with van der Waals surface area (Å²) in [4.78, 5) is 41.5. The van der Waals surface area contributed by atoms with Crippen molar-refractivity contribution in [2.24, 2.45) is 0 Å². The van der Waals surface area contributed by atoms with Gasteiger partial charge in [-0.3, -0.25) is 14.4 Å². The summed E-state index contributed by atoms with van der Waals surface area (Å²) in [5, 5.41) is 21.7. The third kappa shape index (κ3) is 4.39. The Kier molecular flexibility index (Phi) is 6.60. The lowest BCUT2D eigenvalue weighted by Crippen LogP contribution is -2.34. The van der Waals surface area contributed by atoms with Crippen LogP contribution in [0.3, 0.4) is 0 Å². The summed E-state index contributed by atoms with van der Waals surface area (Å²) in [5.74, 6) is -2.21. The molecule has 2 aromatic carbocycles. The van der Waals surface area contributed by atoms with Crippen molar-refractivity contribution >= 4 is 23.2 Å². The van der Waals surface area contributed by atoms with Crippen LogP contribution in [0.2, 0.25) is 0 Å². The molecular formula is C23H26N2O6. The minimum absolute atomic E-state index is 0.0638. The highest BCUT2D eigenvalue weighted by Gasteiger charge is 2.36. The van der Waals surface area contributed by atoms with Gasteiger partial charge in [-0.05, 0) is 21.0 Å². The van der Waals surface area contributed by atoms with Crippen LogP contribution in [0, 0.1) is 0 Å². The number of likely N-dealkylation sites (N-methyl/N-ethyl adjacent to an activating group) is 1. The van der Waals surface area contributed by atoms with Crippen molar-refractivity contribution in [3.8, 4) is 11.5 Å². The molecule has 31 heavy (non-hydrogen) atoms. The van der Waals surface area contributed by atoms with Crippen molar-refractivity contribution < 1.29 is 29.3 Å². The van der Waals surface area contributed by atoms with Crippen molar-refractivity contribution in [2.45, 2.75) is 13.3 Å². The van der Waals surface area contributed by atoms with Crippen molar-refractivity contribution in [1.29, 1.82) is 0 Å². The van der Waals surface area contributed by atoms with Gasteiger partial charge in [0, 0.05) is 36.8 Å². The van der Waals surface area contributed by atoms with Gasteiger partial charge in [0.2, 0.25) is 0 Å². The van der Waals surface area contributed by atoms with E-state index < -0.39 is 11.6 Å². The first-order valence-corrected chi connectivity index (χ1v) is 10.1. The van der Waals surface area contributed by atoms with E-state index in [9.17, 15) is 24.6 Å². The quantitative estimate of drug-likeness (QED) is 0.417. The molecule has 0 heterocycles. The van der Waals surface area contributed by atoms with Crippen LogP contribution in [-0.4, -0.2) is 73.0 Å². The Hall–Kier alpha value is -3.39. The average molecular weight is 426 g/mol. The smallest absolute Gasteiger partial charge is 0.307 e. The van der Waals surface area contributed by atoms with Crippen LogP contribution in [0.4, 0.5) is 5.69 Å². The number of phenolic OH excluding ortho intramolecular Hbond substituents is 2. The summed E-state index contributed by atoms with van der Waals surface area (Å²) in [5.41, 5.74) is 0.128. The Balaban J connectivity index is 2.05. The highest BCUT2D eigenvalue weighted by molar-refractivity contribution is 6.30. The van der Waals surface area contributed by atoms with E-state index in [2.05, 4.69) is 0 Å². The molecule has 0 spiro atoms. The molecule has 3 rings (SSSR count). The van der Waals surface area contributed by atoms with Gasteiger partial charge in [-0.2, -0.15) is 0 Å². The second kappa shape index (κ2) is 9.18. The third-order valence-corrected chi connectivity index (χ3v) is 5.18. The standard InChI is InChI=1S/C23H26N2O6/c1-4-31-18(27)9-10-25(12-11-24(2)3)16-13-17(26)19-20(23(16)30)22(29)15-8-6-5-7-14(15)21(19)28/h5-8,13,26,30H,4,9-12H2,1-3H3. The van der Waals surface area contributed by atoms with E-state index in [1.54, 1.807) is 24.0 Å². The highest BCUT2D eigenvalue weighted by Crippen LogP contribution is 2.43. The fraction of sp³-hybridized carbons (Fsp3) is 0.348. The number of ether oxygens (including phenoxy) is 1. The lowest BCUT2D eigenvalue weighted by atomic mass is 9.82. The fourth-order valence-electron chi connectivity index (χ4n) is 3.62. The Labute approximate surface area is 180 Å². The summed E-state index contributed by atoms with van der Waals surface area (Å²) < 4.78 is 4.98. The number of ketones is 2. The minimum atomic E-state index is -0.530. The van der Waals surface area contributed by atoms with Gasteiger partial charge in [0.25, 0.3) is 0 Å². The van der Waals surface area contributed by atoms with E-state index in [1.165, 1.54) is 18.2 Å². The maximum Gasteiger partial charge on any atom is 0.307 e. The molecule has 0 bridgehead atoms. The van der Waals surface area contributed by atoms with E-state index in [4.69, 9.17) is 4.74 Å². The molecule has 1 aliphatic carbocycles. The number of carbonyl (C=O) groups is 3. The van der Waals surface area contributed by atoms with Gasteiger partial charge < -0.3 is 24.7 Å². The van der Waals surface area contributed by atoms with Crippen LogP contribution in [0.1, 0.15) is 45.2 Å². The number of carbonyl (C=O) groups excluding carboxylic acids is 3. The first kappa shape index (κ1) is 22.3.